The van der Waals surface area contributed by atoms with Crippen molar-refractivity contribution in [2.45, 2.75) is 13.5 Å². The highest BCUT2D eigenvalue weighted by Crippen LogP contribution is 2.19. The van der Waals surface area contributed by atoms with E-state index in [-0.39, 0.29) is 18.2 Å². The molecule has 0 aliphatic carbocycles. The summed E-state index contributed by atoms with van der Waals surface area (Å²) in [6.07, 6.45) is 1.69. The van der Waals surface area contributed by atoms with Crippen LogP contribution in [-0.4, -0.2) is 32.8 Å². The third kappa shape index (κ3) is 4.45. The minimum atomic E-state index is -0.472. The first-order valence-corrected chi connectivity index (χ1v) is 9.58. The van der Waals surface area contributed by atoms with E-state index < -0.39 is 5.82 Å². The number of aromatic nitrogens is 4. The lowest BCUT2D eigenvalue weighted by molar-refractivity contribution is 0.0951. The molecule has 0 radical (unpaired) electrons. The number of hydrogen-bond acceptors (Lipinski definition) is 6. The fraction of sp³-hybridized carbons (Fsp3) is 0.182. The molecule has 4 rings (SSSR count). The van der Waals surface area contributed by atoms with Gasteiger partial charge in [0, 0.05) is 36.8 Å². The van der Waals surface area contributed by atoms with Gasteiger partial charge < -0.3 is 15.4 Å². The normalized spacial score (nSPS) is 10.8. The second-order valence-electron chi connectivity index (χ2n) is 7.04. The first-order chi connectivity index (χ1) is 14.9. The van der Waals surface area contributed by atoms with Crippen LogP contribution in [0.1, 0.15) is 21.6 Å². The summed E-state index contributed by atoms with van der Waals surface area (Å²) in [5.41, 5.74) is 2.58. The van der Waals surface area contributed by atoms with Gasteiger partial charge in [-0.25, -0.2) is 14.4 Å². The molecule has 2 N–H and O–H groups in total. The van der Waals surface area contributed by atoms with Gasteiger partial charge >= 0.3 is 0 Å². The van der Waals surface area contributed by atoms with E-state index in [2.05, 4.69) is 25.7 Å². The average molecular weight is 420 g/mol. The van der Waals surface area contributed by atoms with Crippen molar-refractivity contribution >= 4 is 28.6 Å². The molecule has 2 aromatic carbocycles. The van der Waals surface area contributed by atoms with Gasteiger partial charge in [0.2, 0.25) is 5.95 Å². The summed E-state index contributed by atoms with van der Waals surface area (Å²) in [7, 11) is 3.23. The Morgan fingerprint density at radius 3 is 2.74 bits per heavy atom. The molecule has 31 heavy (non-hydrogen) atoms. The number of carbonyl (C=O) groups is 1. The van der Waals surface area contributed by atoms with Crippen LogP contribution in [0.2, 0.25) is 0 Å². The van der Waals surface area contributed by atoms with Crippen molar-refractivity contribution in [2.75, 3.05) is 12.4 Å². The number of benzene rings is 2. The number of rotatable bonds is 6. The highest BCUT2D eigenvalue weighted by atomic mass is 19.1. The Morgan fingerprint density at radius 1 is 1.19 bits per heavy atom. The van der Waals surface area contributed by atoms with Crippen molar-refractivity contribution in [3.8, 4) is 5.75 Å². The number of halogens is 1. The number of nitrogens with zero attached hydrogens (tertiary/aromatic N) is 4. The van der Waals surface area contributed by atoms with E-state index in [0.29, 0.717) is 22.6 Å². The lowest BCUT2D eigenvalue weighted by Gasteiger charge is -2.09. The van der Waals surface area contributed by atoms with Crippen LogP contribution < -0.4 is 15.4 Å². The highest BCUT2D eigenvalue weighted by Gasteiger charge is 2.10. The third-order valence-electron chi connectivity index (χ3n) is 4.76. The number of carbonyl (C=O) groups excluding carboxylic acids is 1. The fourth-order valence-electron chi connectivity index (χ4n) is 3.17. The Balaban J connectivity index is 1.50. The van der Waals surface area contributed by atoms with E-state index in [9.17, 15) is 9.18 Å². The molecular formula is C22H21FN6O2. The number of hydrogen-bond donors (Lipinski definition) is 2. The predicted octanol–water partition coefficient (Wildman–Crippen LogP) is 3.49. The van der Waals surface area contributed by atoms with E-state index in [0.717, 1.165) is 16.9 Å². The van der Waals surface area contributed by atoms with Gasteiger partial charge in [-0.2, -0.15) is 5.10 Å². The predicted molar refractivity (Wildman–Crippen MR) is 115 cm³/mol. The number of anilines is 2. The second kappa shape index (κ2) is 8.39. The summed E-state index contributed by atoms with van der Waals surface area (Å²) >= 11 is 0. The summed E-state index contributed by atoms with van der Waals surface area (Å²) in [5.74, 6) is 0.572. The third-order valence-corrected chi connectivity index (χ3v) is 4.76. The van der Waals surface area contributed by atoms with Crippen LogP contribution in [0, 0.1) is 12.7 Å². The standard InChI is InChI=1S/C22H21FN6O2/c1-13-8-20(29(2)28-13)27-22-25-12-16-6-5-15(10-18(16)26-22)21(30)24-11-14-4-7-19(31-3)17(23)9-14/h4-10,12H,11H2,1-3H3,(H,24,30)(H,25,26,27). The van der Waals surface area contributed by atoms with Crippen LogP contribution in [0.5, 0.6) is 5.75 Å². The van der Waals surface area contributed by atoms with E-state index in [1.165, 1.54) is 19.2 Å². The first-order valence-electron chi connectivity index (χ1n) is 9.58. The second-order valence-corrected chi connectivity index (χ2v) is 7.04. The van der Waals surface area contributed by atoms with Crippen LogP contribution in [-0.2, 0) is 13.6 Å². The molecule has 0 unspecified atom stereocenters. The maximum absolute atomic E-state index is 13.8. The smallest absolute Gasteiger partial charge is 0.251 e. The molecule has 4 aromatic rings. The van der Waals surface area contributed by atoms with E-state index in [4.69, 9.17) is 4.74 Å². The zero-order valence-electron chi connectivity index (χ0n) is 17.3. The van der Waals surface area contributed by atoms with Crippen molar-refractivity contribution in [3.05, 3.63) is 71.3 Å². The van der Waals surface area contributed by atoms with Crippen molar-refractivity contribution in [3.63, 3.8) is 0 Å². The summed E-state index contributed by atoms with van der Waals surface area (Å²) < 4.78 is 20.4. The van der Waals surface area contributed by atoms with Gasteiger partial charge in [-0.15, -0.1) is 0 Å². The number of methoxy groups -OCH3 is 1. The fourth-order valence-corrected chi connectivity index (χ4v) is 3.17. The molecule has 2 aromatic heterocycles. The Labute approximate surface area is 178 Å². The number of ether oxygens (including phenoxy) is 1. The number of aryl methyl sites for hydroxylation is 2. The topological polar surface area (TPSA) is 94.0 Å². The molecule has 158 valence electrons. The maximum atomic E-state index is 13.8. The molecule has 2 heterocycles. The molecule has 1 amide bonds. The first kappa shape index (κ1) is 20.3. The summed E-state index contributed by atoms with van der Waals surface area (Å²) in [4.78, 5) is 21.4. The van der Waals surface area contributed by atoms with Crippen LogP contribution in [0.4, 0.5) is 16.2 Å². The maximum Gasteiger partial charge on any atom is 0.251 e. The minimum Gasteiger partial charge on any atom is -0.494 e. The molecule has 0 saturated carbocycles. The van der Waals surface area contributed by atoms with Crippen LogP contribution in [0.25, 0.3) is 10.9 Å². The summed E-state index contributed by atoms with van der Waals surface area (Å²) in [6.45, 7) is 2.09. The van der Waals surface area contributed by atoms with Gasteiger partial charge in [-0.1, -0.05) is 12.1 Å². The molecule has 0 fully saturated rings. The number of amides is 1. The van der Waals surface area contributed by atoms with Gasteiger partial charge in [0.05, 0.1) is 18.3 Å². The zero-order valence-corrected chi connectivity index (χ0v) is 17.3. The molecule has 0 bridgehead atoms. The monoisotopic (exact) mass is 420 g/mol. The zero-order chi connectivity index (χ0) is 22.0. The SMILES string of the molecule is COc1ccc(CNC(=O)c2ccc3cnc(Nc4cc(C)nn4C)nc3c2)cc1F. The van der Waals surface area contributed by atoms with Crippen molar-refractivity contribution in [2.24, 2.45) is 7.05 Å². The lowest BCUT2D eigenvalue weighted by atomic mass is 10.1. The van der Waals surface area contributed by atoms with Gasteiger partial charge in [0.15, 0.2) is 11.6 Å². The highest BCUT2D eigenvalue weighted by molar-refractivity contribution is 5.97. The van der Waals surface area contributed by atoms with Crippen LogP contribution in [0.3, 0.4) is 0 Å². The van der Waals surface area contributed by atoms with Gasteiger partial charge in [-0.05, 0) is 36.8 Å². The molecule has 9 heteroatoms. The minimum absolute atomic E-state index is 0.162. The number of fused-ring (bicyclic) bond motifs is 1. The molecule has 0 saturated heterocycles. The Kier molecular flexibility index (Phi) is 5.48. The lowest BCUT2D eigenvalue weighted by Crippen LogP contribution is -2.22. The number of nitrogens with one attached hydrogen (secondary N) is 2. The Morgan fingerprint density at radius 2 is 2.03 bits per heavy atom. The Bertz CT molecular complexity index is 1270. The van der Waals surface area contributed by atoms with Crippen molar-refractivity contribution in [1.82, 2.24) is 25.1 Å². The quantitative estimate of drug-likeness (QED) is 0.496. The van der Waals surface area contributed by atoms with E-state index in [1.54, 1.807) is 35.1 Å². The van der Waals surface area contributed by atoms with Crippen molar-refractivity contribution < 1.29 is 13.9 Å². The average Bonchev–Trinajstić information content (AvgIpc) is 3.08. The molecule has 0 aliphatic rings. The van der Waals surface area contributed by atoms with Crippen LogP contribution in [0.15, 0.2) is 48.7 Å². The van der Waals surface area contributed by atoms with Crippen LogP contribution >= 0.6 is 0 Å². The summed E-state index contributed by atoms with van der Waals surface area (Å²) in [5, 5.41) is 11.0. The Hall–Kier alpha value is -4.01. The van der Waals surface area contributed by atoms with Gasteiger partial charge in [0.25, 0.3) is 5.91 Å². The van der Waals surface area contributed by atoms with E-state index >= 15 is 0 Å². The molecule has 8 nitrogen and oxygen atoms in total. The summed E-state index contributed by atoms with van der Waals surface area (Å²) in [6, 6.07) is 11.6. The van der Waals surface area contributed by atoms with Crippen molar-refractivity contribution in [1.29, 1.82) is 0 Å². The molecule has 0 atom stereocenters. The molecule has 0 aliphatic heterocycles. The largest absolute Gasteiger partial charge is 0.494 e. The molecule has 0 spiro atoms. The van der Waals surface area contributed by atoms with Gasteiger partial charge in [0.1, 0.15) is 5.82 Å². The van der Waals surface area contributed by atoms with E-state index in [1.807, 2.05) is 20.0 Å². The van der Waals surface area contributed by atoms with Gasteiger partial charge in [-0.3, -0.25) is 9.48 Å². The molecular weight excluding hydrogens is 399 g/mol.